The standard InChI is InChI=1S/C22H27ClN4O7S/c1-33-13-11-27(12-14-34-2)35(31,32)17-9-7-16(8-10-17)21(29)26-25-20(28)15-24-22(30)18-5-3-4-6-19(18)23/h3-10H,11-15H2,1-2H3,(H,24,30)(H,25,28)(H,26,29). The summed E-state index contributed by atoms with van der Waals surface area (Å²) >= 11 is 5.94. The number of carbonyl (C=O) groups excluding carboxylic acids is 3. The molecule has 0 aliphatic rings. The Morgan fingerprint density at radius 3 is 2.06 bits per heavy atom. The van der Waals surface area contributed by atoms with Crippen molar-refractivity contribution in [3.63, 3.8) is 0 Å². The number of hydrogen-bond donors (Lipinski definition) is 3. The summed E-state index contributed by atoms with van der Waals surface area (Å²) < 4.78 is 37.0. The Morgan fingerprint density at radius 1 is 0.886 bits per heavy atom. The summed E-state index contributed by atoms with van der Waals surface area (Å²) in [5, 5.41) is 2.63. The number of rotatable bonds is 12. The molecule has 13 heteroatoms. The number of hydrogen-bond acceptors (Lipinski definition) is 7. The summed E-state index contributed by atoms with van der Waals surface area (Å²) in [5.74, 6) is -1.89. The highest BCUT2D eigenvalue weighted by molar-refractivity contribution is 7.89. The molecule has 0 saturated carbocycles. The number of sulfonamides is 1. The molecule has 2 rings (SSSR count). The van der Waals surface area contributed by atoms with E-state index in [-0.39, 0.29) is 47.3 Å². The van der Waals surface area contributed by atoms with Gasteiger partial charge in [0.05, 0.1) is 35.2 Å². The maximum atomic E-state index is 12.9. The van der Waals surface area contributed by atoms with Crippen LogP contribution in [0.5, 0.6) is 0 Å². The molecule has 0 unspecified atom stereocenters. The number of ether oxygens (including phenoxy) is 2. The summed E-state index contributed by atoms with van der Waals surface area (Å²) in [6.45, 7) is 0.303. The van der Waals surface area contributed by atoms with Crippen LogP contribution in [0.25, 0.3) is 0 Å². The largest absolute Gasteiger partial charge is 0.383 e. The molecule has 0 aromatic heterocycles. The average molecular weight is 527 g/mol. The predicted octanol–water partition coefficient (Wildman–Crippen LogP) is 0.815. The van der Waals surface area contributed by atoms with Crippen molar-refractivity contribution in [1.82, 2.24) is 20.5 Å². The van der Waals surface area contributed by atoms with Crippen LogP contribution in [0.15, 0.2) is 53.4 Å². The van der Waals surface area contributed by atoms with Crippen LogP contribution in [0.2, 0.25) is 5.02 Å². The average Bonchev–Trinajstić information content (AvgIpc) is 2.86. The van der Waals surface area contributed by atoms with Gasteiger partial charge in [-0.15, -0.1) is 0 Å². The monoisotopic (exact) mass is 526 g/mol. The van der Waals surface area contributed by atoms with E-state index >= 15 is 0 Å². The first-order valence-electron chi connectivity index (χ1n) is 10.4. The van der Waals surface area contributed by atoms with E-state index in [1.165, 1.54) is 48.9 Å². The zero-order chi connectivity index (χ0) is 25.8. The number of benzene rings is 2. The molecule has 0 saturated heterocycles. The molecule has 0 atom stereocenters. The fourth-order valence-corrected chi connectivity index (χ4v) is 4.44. The van der Waals surface area contributed by atoms with Crippen LogP contribution >= 0.6 is 11.6 Å². The van der Waals surface area contributed by atoms with E-state index in [0.717, 1.165) is 0 Å². The molecule has 0 heterocycles. The second kappa shape index (κ2) is 13.8. The summed E-state index contributed by atoms with van der Waals surface area (Å²) in [5.41, 5.74) is 4.70. The van der Waals surface area contributed by atoms with Gasteiger partial charge in [0.25, 0.3) is 17.7 Å². The molecule has 11 nitrogen and oxygen atoms in total. The fourth-order valence-electron chi connectivity index (χ4n) is 2.81. The van der Waals surface area contributed by atoms with E-state index in [9.17, 15) is 22.8 Å². The molecule has 0 fully saturated rings. The van der Waals surface area contributed by atoms with E-state index in [1.807, 2.05) is 0 Å². The number of amides is 3. The van der Waals surface area contributed by atoms with Gasteiger partial charge in [-0.25, -0.2) is 8.42 Å². The molecule has 35 heavy (non-hydrogen) atoms. The highest BCUT2D eigenvalue weighted by Crippen LogP contribution is 2.17. The third-order valence-corrected chi connectivity index (χ3v) is 6.93. The second-order valence-corrected chi connectivity index (χ2v) is 9.42. The first-order valence-corrected chi connectivity index (χ1v) is 12.2. The quantitative estimate of drug-likeness (QED) is 0.347. The molecule has 190 valence electrons. The lowest BCUT2D eigenvalue weighted by Gasteiger charge is -2.21. The number of carbonyl (C=O) groups is 3. The lowest BCUT2D eigenvalue weighted by molar-refractivity contribution is -0.120. The van der Waals surface area contributed by atoms with Crippen LogP contribution in [-0.2, 0) is 24.3 Å². The highest BCUT2D eigenvalue weighted by Gasteiger charge is 2.24. The highest BCUT2D eigenvalue weighted by atomic mass is 35.5. The molecule has 3 N–H and O–H groups in total. The maximum absolute atomic E-state index is 12.9. The Morgan fingerprint density at radius 2 is 1.49 bits per heavy atom. The Balaban J connectivity index is 1.92. The van der Waals surface area contributed by atoms with Gasteiger partial charge in [-0.1, -0.05) is 23.7 Å². The Labute approximate surface area is 208 Å². The van der Waals surface area contributed by atoms with E-state index in [0.29, 0.717) is 0 Å². The lowest BCUT2D eigenvalue weighted by atomic mass is 10.2. The molecule has 2 aromatic carbocycles. The van der Waals surface area contributed by atoms with Crippen molar-refractivity contribution in [2.75, 3.05) is 47.1 Å². The number of hydrazine groups is 1. The van der Waals surface area contributed by atoms with Crippen molar-refractivity contribution in [3.05, 3.63) is 64.7 Å². The topological polar surface area (TPSA) is 143 Å². The van der Waals surface area contributed by atoms with Crippen LogP contribution in [0.3, 0.4) is 0 Å². The molecule has 2 aromatic rings. The third-order valence-electron chi connectivity index (χ3n) is 4.69. The van der Waals surface area contributed by atoms with Crippen molar-refractivity contribution in [2.24, 2.45) is 0 Å². The molecule has 3 amide bonds. The van der Waals surface area contributed by atoms with Gasteiger partial charge in [0.15, 0.2) is 0 Å². The Bertz CT molecular complexity index is 1120. The van der Waals surface area contributed by atoms with Gasteiger partial charge in [0.2, 0.25) is 10.0 Å². The van der Waals surface area contributed by atoms with Crippen LogP contribution < -0.4 is 16.2 Å². The number of methoxy groups -OCH3 is 2. The Hall–Kier alpha value is -3.03. The second-order valence-electron chi connectivity index (χ2n) is 7.08. The normalized spacial score (nSPS) is 11.2. The maximum Gasteiger partial charge on any atom is 0.269 e. The lowest BCUT2D eigenvalue weighted by Crippen LogP contribution is -2.46. The van der Waals surface area contributed by atoms with Gasteiger partial charge < -0.3 is 14.8 Å². The van der Waals surface area contributed by atoms with E-state index in [2.05, 4.69) is 16.2 Å². The van der Waals surface area contributed by atoms with Gasteiger partial charge in [-0.3, -0.25) is 25.2 Å². The molecular weight excluding hydrogens is 500 g/mol. The van der Waals surface area contributed by atoms with Crippen molar-refractivity contribution in [2.45, 2.75) is 4.90 Å². The van der Waals surface area contributed by atoms with Crippen LogP contribution in [0.4, 0.5) is 0 Å². The van der Waals surface area contributed by atoms with Crippen molar-refractivity contribution < 1.29 is 32.3 Å². The minimum Gasteiger partial charge on any atom is -0.383 e. The van der Waals surface area contributed by atoms with E-state index < -0.39 is 34.3 Å². The molecular formula is C22H27ClN4O7S. The fraction of sp³-hybridized carbons (Fsp3) is 0.318. The van der Waals surface area contributed by atoms with Gasteiger partial charge >= 0.3 is 0 Å². The van der Waals surface area contributed by atoms with Crippen molar-refractivity contribution in [1.29, 1.82) is 0 Å². The SMILES string of the molecule is COCCN(CCOC)S(=O)(=O)c1ccc(C(=O)NNC(=O)CNC(=O)c2ccccc2Cl)cc1. The van der Waals surface area contributed by atoms with Gasteiger partial charge in [-0.05, 0) is 36.4 Å². The van der Waals surface area contributed by atoms with Crippen LogP contribution in [0.1, 0.15) is 20.7 Å². The third kappa shape index (κ3) is 8.30. The molecule has 0 aliphatic carbocycles. The van der Waals surface area contributed by atoms with Crippen LogP contribution in [0, 0.1) is 0 Å². The van der Waals surface area contributed by atoms with E-state index in [4.69, 9.17) is 21.1 Å². The van der Waals surface area contributed by atoms with Crippen molar-refractivity contribution >= 4 is 39.3 Å². The zero-order valence-electron chi connectivity index (χ0n) is 19.2. The van der Waals surface area contributed by atoms with Gasteiger partial charge in [0, 0.05) is 32.9 Å². The van der Waals surface area contributed by atoms with Crippen molar-refractivity contribution in [3.8, 4) is 0 Å². The molecule has 0 radical (unpaired) electrons. The van der Waals surface area contributed by atoms with Crippen LogP contribution in [-0.4, -0.2) is 77.5 Å². The molecule has 0 spiro atoms. The Kier molecular flexibility index (Phi) is 11.1. The van der Waals surface area contributed by atoms with Gasteiger partial charge in [-0.2, -0.15) is 4.31 Å². The zero-order valence-corrected chi connectivity index (χ0v) is 20.8. The minimum absolute atomic E-state index is 0.00687. The minimum atomic E-state index is -3.83. The summed E-state index contributed by atoms with van der Waals surface area (Å²) in [6.07, 6.45) is 0. The number of nitrogens with zero attached hydrogens (tertiary/aromatic N) is 1. The van der Waals surface area contributed by atoms with E-state index in [1.54, 1.807) is 18.2 Å². The number of halogens is 1. The summed E-state index contributed by atoms with van der Waals surface area (Å²) in [7, 11) is -0.888. The smallest absolute Gasteiger partial charge is 0.269 e. The predicted molar refractivity (Wildman–Crippen MR) is 128 cm³/mol. The molecule has 0 bridgehead atoms. The molecule has 0 aliphatic heterocycles. The first-order chi connectivity index (χ1) is 16.7. The van der Waals surface area contributed by atoms with Gasteiger partial charge in [0.1, 0.15) is 0 Å². The summed E-state index contributed by atoms with van der Waals surface area (Å²) in [4.78, 5) is 36.3. The summed E-state index contributed by atoms with van der Waals surface area (Å²) in [6, 6.07) is 11.6. The first kappa shape index (κ1) is 28.2. The number of nitrogens with one attached hydrogen (secondary N) is 3.